The second-order valence-electron chi connectivity index (χ2n) is 5.10. The number of hydrogen-bond acceptors (Lipinski definition) is 2. The van der Waals surface area contributed by atoms with E-state index in [1.54, 1.807) is 38.5 Å². The number of hydrogen-bond donors (Lipinski definition) is 2. The smallest absolute Gasteiger partial charge is 0.471 e. The van der Waals surface area contributed by atoms with Gasteiger partial charge >= 0.3 is 24.2 Å². The van der Waals surface area contributed by atoms with Gasteiger partial charge in [-0.15, -0.1) is 0 Å². The van der Waals surface area contributed by atoms with Gasteiger partial charge in [0.25, 0.3) is 0 Å². The largest absolute Gasteiger partial charge is 1.00 e. The second kappa shape index (κ2) is 10.4. The molecule has 0 aliphatic heterocycles. The van der Waals surface area contributed by atoms with Crippen LogP contribution in [-0.2, 0) is 22.7 Å². The third-order valence-corrected chi connectivity index (χ3v) is 3.02. The highest BCUT2D eigenvalue weighted by Gasteiger charge is 2.38. The van der Waals surface area contributed by atoms with Gasteiger partial charge in [-0.1, -0.05) is 0 Å². The predicted octanol–water partition coefficient (Wildman–Crippen LogP) is -2.08. The number of nitrogens with one attached hydrogen (secondary N) is 2. The van der Waals surface area contributed by atoms with E-state index in [9.17, 15) is 35.9 Å². The summed E-state index contributed by atoms with van der Waals surface area (Å²) in [6, 6.07) is 0. The Bertz CT molecular complexity index is 539. The zero-order valence-electron chi connectivity index (χ0n) is 13.3. The number of aryl methyl sites for hydroxylation is 2. The van der Waals surface area contributed by atoms with Crippen molar-refractivity contribution in [3.8, 4) is 0 Å². The third-order valence-electron chi connectivity index (χ3n) is 3.02. The van der Waals surface area contributed by atoms with Gasteiger partial charge in [0, 0.05) is 25.9 Å². The minimum absolute atomic E-state index is 0. The molecule has 13 heteroatoms. The van der Waals surface area contributed by atoms with Crippen LogP contribution in [0.2, 0.25) is 0 Å². The highest BCUT2D eigenvalue weighted by molar-refractivity contribution is 5.81. The Morgan fingerprint density at radius 2 is 1.42 bits per heavy atom. The molecule has 0 unspecified atom stereocenters. The Hall–Kier alpha value is -1.79. The summed E-state index contributed by atoms with van der Waals surface area (Å²) in [5, 5.41) is 3.50. The molecule has 6 nitrogen and oxygen atoms in total. The molecule has 0 saturated heterocycles. The molecule has 0 fully saturated rings. The van der Waals surface area contributed by atoms with Crippen LogP contribution in [0.1, 0.15) is 12.8 Å². The first-order chi connectivity index (χ1) is 11.5. The SMILES string of the molecule is O=C(NCCCn1cc[n+](CCCNC(=O)C(F)(F)F)c1)C(F)(F)F.[Br-]. The van der Waals surface area contributed by atoms with Crippen molar-refractivity contribution < 1.29 is 57.5 Å². The summed E-state index contributed by atoms with van der Waals surface area (Å²) >= 11 is 0. The van der Waals surface area contributed by atoms with Gasteiger partial charge in [0.05, 0.1) is 13.1 Å². The topological polar surface area (TPSA) is 67.0 Å². The molecular formula is C13H17BrF6N4O2. The highest BCUT2D eigenvalue weighted by Crippen LogP contribution is 2.14. The number of rotatable bonds is 8. The number of imidazole rings is 1. The molecule has 150 valence electrons. The Morgan fingerprint density at radius 3 is 1.92 bits per heavy atom. The summed E-state index contributed by atoms with van der Waals surface area (Å²) in [6.07, 6.45) is -4.36. The molecule has 0 radical (unpaired) electrons. The van der Waals surface area contributed by atoms with Crippen LogP contribution < -0.4 is 32.2 Å². The van der Waals surface area contributed by atoms with Crippen LogP contribution in [-0.4, -0.2) is 41.8 Å². The lowest BCUT2D eigenvalue weighted by atomic mass is 10.4. The average molecular weight is 455 g/mol. The maximum Gasteiger partial charge on any atom is 0.471 e. The molecule has 26 heavy (non-hydrogen) atoms. The van der Waals surface area contributed by atoms with Gasteiger partial charge in [-0.25, -0.2) is 9.13 Å². The van der Waals surface area contributed by atoms with Crippen molar-refractivity contribution in [1.82, 2.24) is 15.2 Å². The summed E-state index contributed by atoms with van der Waals surface area (Å²) < 4.78 is 75.1. The fourth-order valence-electron chi connectivity index (χ4n) is 1.83. The lowest BCUT2D eigenvalue weighted by Gasteiger charge is -2.06. The summed E-state index contributed by atoms with van der Waals surface area (Å²) in [4.78, 5) is 21.2. The van der Waals surface area contributed by atoms with Gasteiger partial charge in [-0.3, -0.25) is 9.59 Å². The number of halogens is 7. The summed E-state index contributed by atoms with van der Waals surface area (Å²) in [6.45, 7) is 0.436. The maximum atomic E-state index is 12.0. The Morgan fingerprint density at radius 1 is 0.923 bits per heavy atom. The minimum Gasteiger partial charge on any atom is -1.00 e. The third kappa shape index (κ3) is 9.06. The fraction of sp³-hybridized carbons (Fsp3) is 0.615. The van der Waals surface area contributed by atoms with Gasteiger partial charge in [-0.05, 0) is 0 Å². The van der Waals surface area contributed by atoms with E-state index in [2.05, 4.69) is 0 Å². The van der Waals surface area contributed by atoms with Crippen molar-refractivity contribution in [2.75, 3.05) is 13.1 Å². The van der Waals surface area contributed by atoms with Crippen molar-refractivity contribution in [1.29, 1.82) is 0 Å². The average Bonchev–Trinajstić information content (AvgIpc) is 2.93. The van der Waals surface area contributed by atoms with Gasteiger partial charge in [0.2, 0.25) is 6.33 Å². The van der Waals surface area contributed by atoms with Gasteiger partial charge in [-0.2, -0.15) is 26.3 Å². The number of carbonyl (C=O) groups is 2. The number of nitrogens with zero attached hydrogens (tertiary/aromatic N) is 2. The summed E-state index contributed by atoms with van der Waals surface area (Å²) in [5.41, 5.74) is 0. The van der Waals surface area contributed by atoms with Crippen LogP contribution in [0, 0.1) is 0 Å². The maximum absolute atomic E-state index is 12.0. The second-order valence-corrected chi connectivity index (χ2v) is 5.10. The zero-order chi connectivity index (χ0) is 19.1. The van der Waals surface area contributed by atoms with E-state index in [0.29, 0.717) is 13.1 Å². The van der Waals surface area contributed by atoms with E-state index in [1.165, 1.54) is 0 Å². The van der Waals surface area contributed by atoms with Crippen molar-refractivity contribution in [2.24, 2.45) is 0 Å². The Labute approximate surface area is 155 Å². The van der Waals surface area contributed by atoms with Crippen LogP contribution in [0.4, 0.5) is 26.3 Å². The van der Waals surface area contributed by atoms with Crippen LogP contribution in [0.3, 0.4) is 0 Å². The van der Waals surface area contributed by atoms with Gasteiger partial charge in [0.15, 0.2) is 0 Å². The molecular weight excluding hydrogens is 438 g/mol. The molecule has 1 aromatic heterocycles. The predicted molar refractivity (Wildman–Crippen MR) is 72.0 cm³/mol. The molecule has 0 bridgehead atoms. The monoisotopic (exact) mass is 454 g/mol. The number of alkyl halides is 6. The van der Waals surface area contributed by atoms with Gasteiger partial charge in [0.1, 0.15) is 12.4 Å². The molecule has 0 saturated carbocycles. The fourth-order valence-corrected chi connectivity index (χ4v) is 1.83. The lowest BCUT2D eigenvalue weighted by molar-refractivity contribution is -0.696. The Balaban J connectivity index is 0.00000625. The van der Waals surface area contributed by atoms with Crippen LogP contribution in [0.15, 0.2) is 18.7 Å². The van der Waals surface area contributed by atoms with E-state index in [4.69, 9.17) is 0 Å². The zero-order valence-corrected chi connectivity index (χ0v) is 14.9. The first kappa shape index (κ1) is 24.2. The highest BCUT2D eigenvalue weighted by atomic mass is 79.9. The van der Waals surface area contributed by atoms with Crippen molar-refractivity contribution in [3.05, 3.63) is 18.7 Å². The van der Waals surface area contributed by atoms with E-state index in [0.717, 1.165) is 0 Å². The summed E-state index contributed by atoms with van der Waals surface area (Å²) in [7, 11) is 0. The van der Waals surface area contributed by atoms with E-state index in [1.807, 2.05) is 0 Å². The van der Waals surface area contributed by atoms with Gasteiger partial charge < -0.3 is 27.6 Å². The molecule has 0 spiro atoms. The molecule has 1 heterocycles. The molecule has 1 aromatic rings. The minimum atomic E-state index is -4.90. The molecule has 0 aliphatic rings. The van der Waals surface area contributed by atoms with Crippen molar-refractivity contribution in [2.45, 2.75) is 38.3 Å². The summed E-state index contributed by atoms with van der Waals surface area (Å²) in [5.74, 6) is -3.98. The molecule has 0 aromatic carbocycles. The van der Waals surface area contributed by atoms with Crippen LogP contribution >= 0.6 is 0 Å². The Kier molecular flexibility index (Phi) is 9.67. The van der Waals surface area contributed by atoms with E-state index in [-0.39, 0.29) is 42.9 Å². The van der Waals surface area contributed by atoms with E-state index >= 15 is 0 Å². The molecule has 2 amide bonds. The van der Waals surface area contributed by atoms with Crippen LogP contribution in [0.5, 0.6) is 0 Å². The number of amides is 2. The van der Waals surface area contributed by atoms with Crippen molar-refractivity contribution in [3.63, 3.8) is 0 Å². The molecule has 0 aliphatic carbocycles. The lowest BCUT2D eigenvalue weighted by Crippen LogP contribution is -3.00. The molecule has 1 rings (SSSR count). The standard InChI is InChI=1S/C13H16F6N4O2.BrH/c14-12(15,16)10(24)20-3-1-5-22-7-8-23(9-22)6-2-4-21-11(25)13(17,18)19;/h7-9H,1-6H2,(H-,20,21,24,25);1H. The molecule has 0 atom stereocenters. The van der Waals surface area contributed by atoms with Crippen molar-refractivity contribution >= 4 is 11.8 Å². The van der Waals surface area contributed by atoms with Crippen LogP contribution in [0.25, 0.3) is 0 Å². The first-order valence-corrected chi connectivity index (χ1v) is 7.25. The van der Waals surface area contributed by atoms with E-state index < -0.39 is 24.2 Å². The first-order valence-electron chi connectivity index (χ1n) is 7.25. The number of aromatic nitrogens is 2. The number of carbonyl (C=O) groups excluding carboxylic acids is 2. The normalized spacial score (nSPS) is 11.6. The molecule has 2 N–H and O–H groups in total. The quantitative estimate of drug-likeness (QED) is 0.269.